The Morgan fingerprint density at radius 2 is 2.18 bits per heavy atom. The van der Waals surface area contributed by atoms with Crippen molar-refractivity contribution < 1.29 is 0 Å². The number of halogens is 1. The molecule has 0 atom stereocenters. The lowest BCUT2D eigenvalue weighted by atomic mass is 10.1. The highest BCUT2D eigenvalue weighted by atomic mass is 35.5. The standard InChI is InChI=1S/C11H10ClN5/c1-17-10(13)5-8(16-17)6-2-3-7-9(4-6)14-15-11(7)12/h2-5H,13H2,1H3,(H,14,15). The Labute approximate surface area is 102 Å². The minimum Gasteiger partial charge on any atom is -0.384 e. The van der Waals surface area contributed by atoms with Crippen LogP contribution < -0.4 is 5.73 Å². The lowest BCUT2D eigenvalue weighted by Crippen LogP contribution is -1.96. The SMILES string of the molecule is Cn1nc(-c2ccc3c(Cl)[nH]nc3c2)cc1N. The Balaban J connectivity index is 2.17. The molecule has 0 bridgehead atoms. The molecule has 86 valence electrons. The molecule has 3 N–H and O–H groups in total. The van der Waals surface area contributed by atoms with Crippen LogP contribution in [-0.4, -0.2) is 20.0 Å². The summed E-state index contributed by atoms with van der Waals surface area (Å²) in [6.07, 6.45) is 0. The van der Waals surface area contributed by atoms with Crippen LogP contribution in [0.25, 0.3) is 22.2 Å². The minimum absolute atomic E-state index is 0.548. The van der Waals surface area contributed by atoms with E-state index in [0.717, 1.165) is 22.2 Å². The predicted octanol–water partition coefficient (Wildman–Crippen LogP) is 2.20. The summed E-state index contributed by atoms with van der Waals surface area (Å²) in [5.74, 6) is 0.625. The number of fused-ring (bicyclic) bond motifs is 1. The first-order chi connectivity index (χ1) is 8.15. The normalized spacial score (nSPS) is 11.2. The second-order valence-corrected chi connectivity index (χ2v) is 4.23. The molecule has 0 aliphatic carbocycles. The van der Waals surface area contributed by atoms with Gasteiger partial charge in [0.05, 0.1) is 11.2 Å². The molecule has 17 heavy (non-hydrogen) atoms. The van der Waals surface area contributed by atoms with E-state index in [1.165, 1.54) is 0 Å². The summed E-state index contributed by atoms with van der Waals surface area (Å²) in [6, 6.07) is 7.63. The fourth-order valence-electron chi connectivity index (χ4n) is 1.76. The summed E-state index contributed by atoms with van der Waals surface area (Å²) < 4.78 is 1.64. The van der Waals surface area contributed by atoms with E-state index in [4.69, 9.17) is 17.3 Å². The van der Waals surface area contributed by atoms with Crippen molar-refractivity contribution in [1.82, 2.24) is 20.0 Å². The number of aryl methyl sites for hydroxylation is 1. The van der Waals surface area contributed by atoms with E-state index in [-0.39, 0.29) is 0 Å². The number of nitrogens with zero attached hydrogens (tertiary/aromatic N) is 3. The zero-order valence-electron chi connectivity index (χ0n) is 9.11. The van der Waals surface area contributed by atoms with E-state index in [1.807, 2.05) is 31.3 Å². The first-order valence-electron chi connectivity index (χ1n) is 5.08. The van der Waals surface area contributed by atoms with Gasteiger partial charge in [-0.15, -0.1) is 0 Å². The summed E-state index contributed by atoms with van der Waals surface area (Å²) >= 11 is 5.94. The minimum atomic E-state index is 0.548. The number of hydrogen-bond acceptors (Lipinski definition) is 3. The maximum absolute atomic E-state index is 5.94. The average Bonchev–Trinajstić information content (AvgIpc) is 2.84. The average molecular weight is 248 g/mol. The number of anilines is 1. The Hall–Kier alpha value is -2.01. The molecular weight excluding hydrogens is 238 g/mol. The van der Waals surface area contributed by atoms with Gasteiger partial charge in [-0.3, -0.25) is 9.78 Å². The molecule has 0 spiro atoms. The van der Waals surface area contributed by atoms with Crippen LogP contribution in [0.2, 0.25) is 5.15 Å². The van der Waals surface area contributed by atoms with Crippen molar-refractivity contribution in [2.45, 2.75) is 0 Å². The molecule has 6 heteroatoms. The number of H-pyrrole nitrogens is 1. The maximum atomic E-state index is 5.94. The molecule has 0 saturated heterocycles. The van der Waals surface area contributed by atoms with Crippen LogP contribution in [-0.2, 0) is 7.05 Å². The highest BCUT2D eigenvalue weighted by Crippen LogP contribution is 2.26. The molecule has 2 aromatic heterocycles. The Morgan fingerprint density at radius 3 is 2.88 bits per heavy atom. The van der Waals surface area contributed by atoms with E-state index in [0.29, 0.717) is 11.0 Å². The maximum Gasteiger partial charge on any atom is 0.132 e. The van der Waals surface area contributed by atoms with Crippen molar-refractivity contribution in [2.75, 3.05) is 5.73 Å². The third-order valence-corrected chi connectivity index (χ3v) is 3.01. The molecule has 0 aliphatic heterocycles. The molecule has 0 amide bonds. The van der Waals surface area contributed by atoms with Crippen LogP contribution in [0.15, 0.2) is 24.3 Å². The van der Waals surface area contributed by atoms with Crippen molar-refractivity contribution in [2.24, 2.45) is 7.05 Å². The number of aromatic amines is 1. The second-order valence-electron chi connectivity index (χ2n) is 3.85. The van der Waals surface area contributed by atoms with E-state index >= 15 is 0 Å². The third-order valence-electron chi connectivity index (χ3n) is 2.72. The van der Waals surface area contributed by atoms with Crippen LogP contribution in [0.5, 0.6) is 0 Å². The molecule has 3 rings (SSSR count). The van der Waals surface area contributed by atoms with Crippen LogP contribution in [0.3, 0.4) is 0 Å². The monoisotopic (exact) mass is 247 g/mol. The largest absolute Gasteiger partial charge is 0.384 e. The fourth-order valence-corrected chi connectivity index (χ4v) is 1.96. The molecular formula is C11H10ClN5. The summed E-state index contributed by atoms with van der Waals surface area (Å²) in [7, 11) is 1.81. The number of rotatable bonds is 1. The first kappa shape index (κ1) is 10.2. The summed E-state index contributed by atoms with van der Waals surface area (Å²) in [5, 5.41) is 12.6. The van der Waals surface area contributed by atoms with Crippen molar-refractivity contribution in [3.8, 4) is 11.3 Å². The van der Waals surface area contributed by atoms with Gasteiger partial charge in [-0.05, 0) is 12.1 Å². The number of hydrogen-bond donors (Lipinski definition) is 2. The quantitative estimate of drug-likeness (QED) is 0.692. The third kappa shape index (κ3) is 1.55. The number of aromatic nitrogens is 4. The second kappa shape index (κ2) is 3.49. The van der Waals surface area contributed by atoms with E-state index in [2.05, 4.69) is 15.3 Å². The van der Waals surface area contributed by atoms with Gasteiger partial charge in [0.25, 0.3) is 0 Å². The molecule has 0 aliphatic rings. The van der Waals surface area contributed by atoms with Crippen LogP contribution in [0, 0.1) is 0 Å². The summed E-state index contributed by atoms with van der Waals surface area (Å²) in [5.41, 5.74) is 8.36. The van der Waals surface area contributed by atoms with Gasteiger partial charge in [0.1, 0.15) is 11.0 Å². The Bertz CT molecular complexity index is 678. The van der Waals surface area contributed by atoms with Crippen LogP contribution in [0.1, 0.15) is 0 Å². The van der Waals surface area contributed by atoms with Crippen LogP contribution in [0.4, 0.5) is 5.82 Å². The highest BCUT2D eigenvalue weighted by Gasteiger charge is 2.08. The van der Waals surface area contributed by atoms with Gasteiger partial charge < -0.3 is 5.73 Å². The van der Waals surface area contributed by atoms with Gasteiger partial charge >= 0.3 is 0 Å². The van der Waals surface area contributed by atoms with Crippen LogP contribution >= 0.6 is 11.6 Å². The number of nitrogens with one attached hydrogen (secondary N) is 1. The molecule has 0 fully saturated rings. The number of nitrogens with two attached hydrogens (primary N) is 1. The highest BCUT2D eigenvalue weighted by molar-refractivity contribution is 6.34. The zero-order chi connectivity index (χ0) is 12.0. The topological polar surface area (TPSA) is 72.5 Å². The van der Waals surface area contributed by atoms with Crippen molar-refractivity contribution in [3.05, 3.63) is 29.4 Å². The summed E-state index contributed by atoms with van der Waals surface area (Å²) in [4.78, 5) is 0. The van der Waals surface area contributed by atoms with Gasteiger partial charge in [-0.2, -0.15) is 10.2 Å². The zero-order valence-corrected chi connectivity index (χ0v) is 9.86. The molecule has 1 aromatic carbocycles. The molecule has 0 radical (unpaired) electrons. The van der Waals surface area contributed by atoms with Gasteiger partial charge in [0.2, 0.25) is 0 Å². The van der Waals surface area contributed by atoms with Gasteiger partial charge in [-0.1, -0.05) is 17.7 Å². The van der Waals surface area contributed by atoms with Crippen molar-refractivity contribution in [1.29, 1.82) is 0 Å². The van der Waals surface area contributed by atoms with Gasteiger partial charge in [-0.25, -0.2) is 0 Å². The predicted molar refractivity (Wildman–Crippen MR) is 67.7 cm³/mol. The van der Waals surface area contributed by atoms with E-state index in [9.17, 15) is 0 Å². The number of benzene rings is 1. The first-order valence-corrected chi connectivity index (χ1v) is 5.46. The van der Waals surface area contributed by atoms with E-state index < -0.39 is 0 Å². The lowest BCUT2D eigenvalue weighted by Gasteiger charge is -1.96. The molecule has 0 unspecified atom stereocenters. The fraction of sp³-hybridized carbons (Fsp3) is 0.0909. The van der Waals surface area contributed by atoms with E-state index in [1.54, 1.807) is 4.68 Å². The van der Waals surface area contributed by atoms with Crippen molar-refractivity contribution >= 4 is 28.3 Å². The van der Waals surface area contributed by atoms with Crippen molar-refractivity contribution in [3.63, 3.8) is 0 Å². The van der Waals surface area contributed by atoms with Gasteiger partial charge in [0, 0.05) is 24.1 Å². The Morgan fingerprint density at radius 1 is 1.35 bits per heavy atom. The smallest absolute Gasteiger partial charge is 0.132 e. The lowest BCUT2D eigenvalue weighted by molar-refractivity contribution is 0.782. The molecule has 2 heterocycles. The Kier molecular flexibility index (Phi) is 2.09. The molecule has 5 nitrogen and oxygen atoms in total. The number of nitrogen functional groups attached to an aromatic ring is 1. The molecule has 0 saturated carbocycles. The molecule has 3 aromatic rings. The van der Waals surface area contributed by atoms with Gasteiger partial charge in [0.15, 0.2) is 0 Å². The summed E-state index contributed by atoms with van der Waals surface area (Å²) in [6.45, 7) is 0.